The van der Waals surface area contributed by atoms with Crippen LogP contribution >= 0.6 is 20.1 Å². The van der Waals surface area contributed by atoms with Crippen molar-refractivity contribution >= 4 is 40.9 Å². The number of rotatable bonds is 9. The van der Waals surface area contributed by atoms with E-state index in [0.29, 0.717) is 11.7 Å². The van der Waals surface area contributed by atoms with Gasteiger partial charge in [0.05, 0.1) is 0 Å². The van der Waals surface area contributed by atoms with Crippen LogP contribution in [0.1, 0.15) is 45.6 Å². The van der Waals surface area contributed by atoms with Gasteiger partial charge in [-0.3, -0.25) is 0 Å². The Morgan fingerprint density at radius 2 is 1.73 bits per heavy atom. The number of nitrogens with one attached hydrogen (secondary N) is 1. The van der Waals surface area contributed by atoms with E-state index in [-0.39, 0.29) is 16.0 Å². The number of nitrogens with two attached hydrogens (primary N) is 1. The molecule has 9 nitrogen and oxygen atoms in total. The maximum absolute atomic E-state index is 13.1. The second-order valence-corrected chi connectivity index (χ2v) is 16.5. The molecule has 1 aliphatic carbocycles. The van der Waals surface area contributed by atoms with Crippen LogP contribution in [0.25, 0.3) is 22.3 Å². The van der Waals surface area contributed by atoms with Gasteiger partial charge in [-0.05, 0) is 12.1 Å². The van der Waals surface area contributed by atoms with Gasteiger partial charge < -0.3 is 4.74 Å². The van der Waals surface area contributed by atoms with E-state index in [4.69, 9.17) is 15.6 Å². The van der Waals surface area contributed by atoms with E-state index in [9.17, 15) is 4.79 Å². The van der Waals surface area contributed by atoms with Gasteiger partial charge in [0, 0.05) is 0 Å². The Morgan fingerprint density at radius 3 is 2.38 bits per heavy atom. The molecule has 0 atom stereocenters. The predicted octanol–water partition coefficient (Wildman–Crippen LogP) is 6.70. The van der Waals surface area contributed by atoms with Gasteiger partial charge in [0.2, 0.25) is 0 Å². The molecule has 1 amide bonds. The minimum absolute atomic E-state index is 0.179. The summed E-state index contributed by atoms with van der Waals surface area (Å²) in [5.74, 6) is 2.48. The van der Waals surface area contributed by atoms with E-state index >= 15 is 0 Å². The van der Waals surface area contributed by atoms with Crippen molar-refractivity contribution in [1.82, 2.24) is 28.2 Å². The van der Waals surface area contributed by atoms with E-state index in [2.05, 4.69) is 32.2 Å². The summed E-state index contributed by atoms with van der Waals surface area (Å²) in [7, 11) is 4.09. The molecule has 10 heteroatoms. The van der Waals surface area contributed by atoms with Crippen molar-refractivity contribution < 1.29 is 9.53 Å². The quantitative estimate of drug-likeness (QED) is 0.0679. The van der Waals surface area contributed by atoms with Crippen LogP contribution in [-0.4, -0.2) is 51.3 Å². The molecule has 2 aromatic heterocycles. The third-order valence-electron chi connectivity index (χ3n) is 7.05. The molecular weight excluding hydrogens is 617 g/mol. The number of hydrogen-bond donors (Lipinski definition) is 2. The summed E-state index contributed by atoms with van der Waals surface area (Å²) in [5.41, 5.74) is 8.80. The topological polar surface area (TPSA) is 111 Å². The van der Waals surface area contributed by atoms with Crippen LogP contribution in [-0.2, 0) is 0 Å². The summed E-state index contributed by atoms with van der Waals surface area (Å²) in [6.45, 7) is 4.39. The van der Waals surface area contributed by atoms with Gasteiger partial charge in [-0.1, -0.05) is 18.2 Å². The van der Waals surface area contributed by atoms with Crippen LogP contribution in [0.5, 0.6) is 11.5 Å². The van der Waals surface area contributed by atoms with Crippen molar-refractivity contribution in [2.45, 2.75) is 51.6 Å². The zero-order valence-corrected chi connectivity index (χ0v) is 25.7. The molecule has 212 valence electrons. The summed E-state index contributed by atoms with van der Waals surface area (Å²) in [4.78, 5) is 22.0. The Hall–Kier alpha value is -3.25. The second kappa shape index (κ2) is 12.5. The van der Waals surface area contributed by atoms with Gasteiger partial charge in [0.1, 0.15) is 11.5 Å². The van der Waals surface area contributed by atoms with E-state index in [0.717, 1.165) is 63.9 Å². The Bertz CT molecular complexity index is 1430. The maximum atomic E-state index is 13.1. The molecule has 40 heavy (non-hydrogen) atoms. The van der Waals surface area contributed by atoms with Crippen LogP contribution in [0.15, 0.2) is 60.9 Å². The molecule has 1 fully saturated rings. The van der Waals surface area contributed by atoms with Gasteiger partial charge in [0.15, 0.2) is 0 Å². The van der Waals surface area contributed by atoms with Crippen molar-refractivity contribution in [2.75, 3.05) is 24.3 Å². The molecule has 1 aliphatic rings. The predicted molar refractivity (Wildman–Crippen MR) is 169 cm³/mol. The molecule has 1 saturated carbocycles. The number of hydrogen-bond acceptors (Lipinski definition) is 7. The first kappa shape index (κ1) is 28.3. The third kappa shape index (κ3) is 6.38. The number of anilines is 1. The molecule has 0 spiro atoms. The number of halogens is 1. The molecule has 0 saturated heterocycles. The number of nitrogen functional groups attached to an aromatic ring is 1. The first-order valence-corrected chi connectivity index (χ1v) is 17.3. The monoisotopic (exact) mass is 655 g/mol. The number of carbonyl (C=O) groups is 1. The molecule has 4 aromatic rings. The molecule has 0 radical (unpaired) electrons. The number of nitrogens with zero attached hydrogens (tertiary/aromatic N) is 5. The van der Waals surface area contributed by atoms with Gasteiger partial charge in [-0.2, -0.15) is 0 Å². The Balaban J connectivity index is 1.32. The van der Waals surface area contributed by atoms with Crippen molar-refractivity contribution in [3.05, 3.63) is 60.9 Å². The second-order valence-electron chi connectivity index (χ2n) is 10.8. The first-order chi connectivity index (χ1) is 19.3. The van der Waals surface area contributed by atoms with Crippen molar-refractivity contribution in [1.29, 1.82) is 0 Å². The van der Waals surface area contributed by atoms with Gasteiger partial charge in [0.25, 0.3) is 0 Å². The molecule has 3 N–H and O–H groups in total. The fraction of sp³-hybridized carbons (Fsp3) is 0.400. The normalized spacial score (nSPS) is 17.8. The van der Waals surface area contributed by atoms with Gasteiger partial charge in [-0.25, -0.2) is 0 Å². The van der Waals surface area contributed by atoms with Crippen molar-refractivity contribution in [3.8, 4) is 22.8 Å². The summed E-state index contributed by atoms with van der Waals surface area (Å²) in [6, 6.07) is 17.9. The van der Waals surface area contributed by atoms with E-state index in [1.165, 1.54) is 6.33 Å². The molecule has 2 heterocycles. The number of alkyl halides is 1. The van der Waals surface area contributed by atoms with Crippen LogP contribution in [0, 0.1) is 5.92 Å². The van der Waals surface area contributed by atoms with Crippen molar-refractivity contribution in [3.63, 3.8) is 0 Å². The number of aromatic nitrogens is 4. The SMILES string of the molecule is CC(C)CI(C(=O)NC1CCC(n2nc(-c3ccc(Oc4ccccc4)cc3)c3c(N)ncnc32)CC1)N(C)C. The standard InChI is InChI=1S/C30H38IN7O2/c1-20(2)18-31(37(3)4)30(39)35-22-12-14-23(15-13-22)38-29-26(28(32)33-19-34-29)27(36-38)21-10-16-25(17-11-21)40-24-8-6-5-7-9-24/h5-11,16-17,19-20,22-23H,12-15,18H2,1-4H3,(H,35,39)(H2,32,33,34). The fourth-order valence-electron chi connectivity index (χ4n) is 5.10. The zero-order chi connectivity index (χ0) is 28.2. The summed E-state index contributed by atoms with van der Waals surface area (Å²) in [6.07, 6.45) is 5.16. The average molecular weight is 656 g/mol. The number of ether oxygens (including phenoxy) is 1. The van der Waals surface area contributed by atoms with E-state index in [1.807, 2.05) is 73.4 Å². The number of fused-ring (bicyclic) bond motifs is 1. The summed E-state index contributed by atoms with van der Waals surface area (Å²) in [5, 5.41) is 9.18. The molecule has 0 unspecified atom stereocenters. The molecule has 0 bridgehead atoms. The molecule has 0 aliphatic heterocycles. The Morgan fingerprint density at radius 1 is 1.05 bits per heavy atom. The number of benzene rings is 2. The third-order valence-corrected chi connectivity index (χ3v) is 13.4. The molecule has 5 rings (SSSR count). The summed E-state index contributed by atoms with van der Waals surface area (Å²) < 4.78 is 11.4. The van der Waals surface area contributed by atoms with Gasteiger partial charge >= 0.3 is 197 Å². The number of carbonyl (C=O) groups excluding carboxylic acids is 1. The minimum atomic E-state index is -1.87. The molecule has 2 aromatic carbocycles. The fourth-order valence-corrected chi connectivity index (χ4v) is 9.63. The number of para-hydroxylation sites is 1. The Labute approximate surface area is 243 Å². The van der Waals surface area contributed by atoms with Crippen LogP contribution in [0.2, 0.25) is 0 Å². The van der Waals surface area contributed by atoms with Crippen molar-refractivity contribution in [2.24, 2.45) is 5.92 Å². The van der Waals surface area contributed by atoms with Crippen LogP contribution in [0.4, 0.5) is 10.6 Å². The van der Waals surface area contributed by atoms with Crippen LogP contribution < -0.4 is 15.8 Å². The number of amides is 1. The van der Waals surface area contributed by atoms with E-state index < -0.39 is 20.1 Å². The summed E-state index contributed by atoms with van der Waals surface area (Å²) >= 11 is -1.87. The van der Waals surface area contributed by atoms with Crippen LogP contribution in [0.3, 0.4) is 0 Å². The zero-order valence-electron chi connectivity index (χ0n) is 23.5. The molecular formula is C30H38IN7O2. The Kier molecular flexibility index (Phi) is 8.84. The average Bonchev–Trinajstić information content (AvgIpc) is 3.34. The first-order valence-electron chi connectivity index (χ1n) is 13.8. The van der Waals surface area contributed by atoms with E-state index in [1.54, 1.807) is 0 Å². The van der Waals surface area contributed by atoms with Gasteiger partial charge in [-0.15, -0.1) is 0 Å².